The summed E-state index contributed by atoms with van der Waals surface area (Å²) in [5, 5.41) is 8.67. The van der Waals surface area contributed by atoms with Gasteiger partial charge in [0.2, 0.25) is 0 Å². The number of ether oxygens (including phenoxy) is 2. The summed E-state index contributed by atoms with van der Waals surface area (Å²) in [6, 6.07) is 0.858. The number of rotatable bonds is 3. The monoisotopic (exact) mass is 251 g/mol. The summed E-state index contributed by atoms with van der Waals surface area (Å²) in [5.74, 6) is -2.36. The quantitative estimate of drug-likeness (QED) is 0.889. The average molecular weight is 251 g/mol. The molecule has 0 amide bonds. The minimum absolute atomic E-state index is 0.223. The predicted octanol–water partition coefficient (Wildman–Crippen LogP) is 2.00. The standard InChI is InChI=1S/C9H8F3NO4/c1-4-7(17-9(10,11)12)6(16-2)3-5(13-4)8(14)15/h3H,1-2H3,(H,14,15). The lowest BCUT2D eigenvalue weighted by Gasteiger charge is -2.14. The molecule has 0 spiro atoms. The molecule has 1 N–H and O–H groups in total. The van der Waals surface area contributed by atoms with Gasteiger partial charge in [-0.1, -0.05) is 0 Å². The second-order valence-electron chi connectivity index (χ2n) is 2.98. The number of aryl methyl sites for hydroxylation is 1. The Kier molecular flexibility index (Phi) is 3.45. The molecule has 0 fully saturated rings. The van der Waals surface area contributed by atoms with Crippen LogP contribution in [0.15, 0.2) is 6.07 Å². The first-order chi connectivity index (χ1) is 7.74. The van der Waals surface area contributed by atoms with Gasteiger partial charge in [-0.3, -0.25) is 0 Å². The molecule has 0 unspecified atom stereocenters. The van der Waals surface area contributed by atoms with E-state index in [-0.39, 0.29) is 11.4 Å². The van der Waals surface area contributed by atoms with Crippen LogP contribution in [-0.2, 0) is 0 Å². The fourth-order valence-electron chi connectivity index (χ4n) is 1.13. The Morgan fingerprint density at radius 2 is 2.06 bits per heavy atom. The van der Waals surface area contributed by atoms with E-state index < -0.39 is 23.8 Å². The van der Waals surface area contributed by atoms with Crippen molar-refractivity contribution in [1.29, 1.82) is 0 Å². The Morgan fingerprint density at radius 1 is 1.47 bits per heavy atom. The first-order valence-electron chi connectivity index (χ1n) is 4.29. The van der Waals surface area contributed by atoms with Crippen LogP contribution in [0.2, 0.25) is 0 Å². The molecule has 0 aliphatic rings. The number of carboxylic acids is 1. The Hall–Kier alpha value is -1.99. The van der Waals surface area contributed by atoms with Gasteiger partial charge in [0.1, 0.15) is 0 Å². The van der Waals surface area contributed by atoms with E-state index in [0.717, 1.165) is 13.2 Å². The molecule has 1 aromatic heterocycles. The van der Waals surface area contributed by atoms with Crippen LogP contribution in [0, 0.1) is 6.92 Å². The summed E-state index contributed by atoms with van der Waals surface area (Å²) in [5.41, 5.74) is -0.645. The van der Waals surface area contributed by atoms with Gasteiger partial charge < -0.3 is 14.6 Å². The molecule has 17 heavy (non-hydrogen) atoms. The molecule has 94 valence electrons. The Labute approximate surface area is 93.8 Å². The Balaban J connectivity index is 3.26. The molecule has 0 radical (unpaired) electrons. The van der Waals surface area contributed by atoms with Crippen molar-refractivity contribution in [3.63, 3.8) is 0 Å². The van der Waals surface area contributed by atoms with Gasteiger partial charge in [0.05, 0.1) is 12.8 Å². The van der Waals surface area contributed by atoms with Gasteiger partial charge in [0.25, 0.3) is 0 Å². The summed E-state index contributed by atoms with van der Waals surface area (Å²) in [4.78, 5) is 14.1. The van der Waals surface area contributed by atoms with E-state index in [2.05, 4.69) is 14.5 Å². The molecular weight excluding hydrogens is 243 g/mol. The molecule has 0 atom stereocenters. The number of hydrogen-bond donors (Lipinski definition) is 1. The van der Waals surface area contributed by atoms with E-state index in [9.17, 15) is 18.0 Å². The minimum atomic E-state index is -4.90. The highest BCUT2D eigenvalue weighted by atomic mass is 19.4. The van der Waals surface area contributed by atoms with Gasteiger partial charge in [0.15, 0.2) is 17.2 Å². The number of pyridine rings is 1. The van der Waals surface area contributed by atoms with Crippen LogP contribution in [-0.4, -0.2) is 29.5 Å². The fourth-order valence-corrected chi connectivity index (χ4v) is 1.13. The third kappa shape index (κ3) is 3.23. The molecule has 0 saturated heterocycles. The number of halogens is 3. The number of aromatic carboxylic acids is 1. The molecular formula is C9H8F3NO4. The SMILES string of the molecule is COc1cc(C(=O)O)nc(C)c1OC(F)(F)F. The highest BCUT2D eigenvalue weighted by Gasteiger charge is 2.34. The van der Waals surface area contributed by atoms with E-state index >= 15 is 0 Å². The van der Waals surface area contributed by atoms with Crippen molar-refractivity contribution in [2.45, 2.75) is 13.3 Å². The molecule has 0 bridgehead atoms. The van der Waals surface area contributed by atoms with Crippen LogP contribution >= 0.6 is 0 Å². The van der Waals surface area contributed by atoms with Gasteiger partial charge in [-0.05, 0) is 6.92 Å². The Bertz CT molecular complexity index is 445. The van der Waals surface area contributed by atoms with Crippen molar-refractivity contribution in [2.24, 2.45) is 0 Å². The Morgan fingerprint density at radius 3 is 2.47 bits per heavy atom. The van der Waals surface area contributed by atoms with Crippen molar-refractivity contribution in [3.8, 4) is 11.5 Å². The fraction of sp³-hybridized carbons (Fsp3) is 0.333. The molecule has 1 aromatic rings. The first kappa shape index (κ1) is 13.1. The van der Waals surface area contributed by atoms with Crippen LogP contribution in [0.3, 0.4) is 0 Å². The van der Waals surface area contributed by atoms with Gasteiger partial charge in [-0.2, -0.15) is 0 Å². The lowest BCUT2D eigenvalue weighted by atomic mass is 10.2. The van der Waals surface area contributed by atoms with Crippen LogP contribution in [0.4, 0.5) is 13.2 Å². The van der Waals surface area contributed by atoms with E-state index in [1.807, 2.05) is 0 Å². The molecule has 0 saturated carbocycles. The van der Waals surface area contributed by atoms with Gasteiger partial charge in [-0.25, -0.2) is 9.78 Å². The molecule has 1 rings (SSSR count). The third-order valence-electron chi connectivity index (χ3n) is 1.77. The van der Waals surface area contributed by atoms with Crippen LogP contribution < -0.4 is 9.47 Å². The number of nitrogens with zero attached hydrogens (tertiary/aromatic N) is 1. The van der Waals surface area contributed by atoms with E-state index in [4.69, 9.17) is 5.11 Å². The van der Waals surface area contributed by atoms with Crippen molar-refractivity contribution < 1.29 is 32.5 Å². The summed E-state index contributed by atoms with van der Waals surface area (Å²) in [7, 11) is 1.10. The lowest BCUT2D eigenvalue weighted by molar-refractivity contribution is -0.275. The molecule has 0 aliphatic carbocycles. The van der Waals surface area contributed by atoms with Crippen LogP contribution in [0.1, 0.15) is 16.2 Å². The maximum absolute atomic E-state index is 12.1. The number of carbonyl (C=O) groups is 1. The van der Waals surface area contributed by atoms with Crippen LogP contribution in [0.25, 0.3) is 0 Å². The minimum Gasteiger partial charge on any atom is -0.493 e. The summed E-state index contributed by atoms with van der Waals surface area (Å²) >= 11 is 0. The highest BCUT2D eigenvalue weighted by molar-refractivity contribution is 5.86. The zero-order valence-corrected chi connectivity index (χ0v) is 8.83. The smallest absolute Gasteiger partial charge is 0.493 e. The molecule has 0 aliphatic heterocycles. The topological polar surface area (TPSA) is 68.7 Å². The van der Waals surface area contributed by atoms with Crippen LogP contribution in [0.5, 0.6) is 11.5 Å². The van der Waals surface area contributed by atoms with Crippen molar-refractivity contribution in [2.75, 3.05) is 7.11 Å². The first-order valence-corrected chi connectivity index (χ1v) is 4.29. The van der Waals surface area contributed by atoms with Crippen molar-refractivity contribution >= 4 is 5.97 Å². The number of carboxylic acid groups (broad SMARTS) is 1. The highest BCUT2D eigenvalue weighted by Crippen LogP contribution is 2.34. The largest absolute Gasteiger partial charge is 0.573 e. The molecule has 5 nitrogen and oxygen atoms in total. The number of hydrogen-bond acceptors (Lipinski definition) is 4. The molecule has 0 aromatic carbocycles. The summed E-state index contributed by atoms with van der Waals surface area (Å²) < 4.78 is 44.6. The maximum atomic E-state index is 12.1. The van der Waals surface area contributed by atoms with E-state index in [0.29, 0.717) is 0 Å². The average Bonchev–Trinajstić information content (AvgIpc) is 2.18. The lowest BCUT2D eigenvalue weighted by Crippen LogP contribution is -2.19. The zero-order chi connectivity index (χ0) is 13.2. The van der Waals surface area contributed by atoms with Gasteiger partial charge in [0, 0.05) is 6.07 Å². The second-order valence-corrected chi connectivity index (χ2v) is 2.98. The maximum Gasteiger partial charge on any atom is 0.573 e. The van der Waals surface area contributed by atoms with Gasteiger partial charge >= 0.3 is 12.3 Å². The summed E-state index contributed by atoms with van der Waals surface area (Å²) in [6.45, 7) is 1.19. The summed E-state index contributed by atoms with van der Waals surface area (Å²) in [6.07, 6.45) is -4.90. The second kappa shape index (κ2) is 4.48. The molecule has 8 heteroatoms. The third-order valence-corrected chi connectivity index (χ3v) is 1.77. The number of alkyl halides is 3. The van der Waals surface area contributed by atoms with Crippen molar-refractivity contribution in [1.82, 2.24) is 4.98 Å². The molecule has 1 heterocycles. The van der Waals surface area contributed by atoms with E-state index in [1.54, 1.807) is 0 Å². The number of methoxy groups -OCH3 is 1. The predicted molar refractivity (Wildman–Crippen MR) is 49.2 cm³/mol. The zero-order valence-electron chi connectivity index (χ0n) is 8.83. The normalized spacial score (nSPS) is 11.1. The van der Waals surface area contributed by atoms with Crippen molar-refractivity contribution in [3.05, 3.63) is 17.5 Å². The van der Waals surface area contributed by atoms with E-state index in [1.165, 1.54) is 6.92 Å². The van der Waals surface area contributed by atoms with Gasteiger partial charge in [-0.15, -0.1) is 13.2 Å². The number of aromatic nitrogens is 1.